The molecule has 112 valence electrons. The Kier molecular flexibility index (Phi) is 5.16. The monoisotopic (exact) mass is 306 g/mol. The van der Waals surface area contributed by atoms with Crippen molar-refractivity contribution >= 4 is 23.2 Å². The quantitative estimate of drug-likeness (QED) is 0.855. The van der Waals surface area contributed by atoms with Crippen molar-refractivity contribution < 1.29 is 14.7 Å². The Labute approximate surface area is 127 Å². The predicted molar refractivity (Wildman–Crippen MR) is 81.7 cm³/mol. The highest BCUT2D eigenvalue weighted by molar-refractivity contribution is 7.09. The van der Waals surface area contributed by atoms with E-state index in [0.29, 0.717) is 18.8 Å². The van der Waals surface area contributed by atoms with Crippen molar-refractivity contribution in [3.05, 3.63) is 46.4 Å². The molecular formula is C15H18N2O3S. The van der Waals surface area contributed by atoms with E-state index in [1.807, 2.05) is 41.3 Å². The molecule has 6 heteroatoms. The Bertz CT molecular complexity index is 604. The van der Waals surface area contributed by atoms with E-state index in [1.54, 1.807) is 17.4 Å². The summed E-state index contributed by atoms with van der Waals surface area (Å²) in [7, 11) is 0. The zero-order valence-electron chi connectivity index (χ0n) is 11.9. The van der Waals surface area contributed by atoms with E-state index in [0.717, 1.165) is 11.3 Å². The van der Waals surface area contributed by atoms with Crippen molar-refractivity contribution in [2.45, 2.75) is 19.9 Å². The standard InChI is InChI=1S/C15H18N2O3S/c1-2-7-17(11-14(18)19)15(20)13-6-3-8-16(13)10-12-5-4-9-21-12/h3-6,8-9H,2,7,10-11H2,1H3,(H,18,19). The average molecular weight is 306 g/mol. The van der Waals surface area contributed by atoms with Crippen LogP contribution >= 0.6 is 11.3 Å². The Morgan fingerprint density at radius 1 is 1.33 bits per heavy atom. The van der Waals surface area contributed by atoms with Crippen LogP contribution in [0.15, 0.2) is 35.8 Å². The van der Waals surface area contributed by atoms with Gasteiger partial charge in [0.05, 0.1) is 6.54 Å². The van der Waals surface area contributed by atoms with Gasteiger partial charge in [0.2, 0.25) is 0 Å². The Hall–Kier alpha value is -2.08. The number of amides is 1. The summed E-state index contributed by atoms with van der Waals surface area (Å²) < 4.78 is 1.86. The fourth-order valence-corrected chi connectivity index (χ4v) is 2.87. The van der Waals surface area contributed by atoms with E-state index in [9.17, 15) is 9.59 Å². The van der Waals surface area contributed by atoms with E-state index < -0.39 is 5.97 Å². The first-order valence-electron chi connectivity index (χ1n) is 6.80. The minimum atomic E-state index is -0.992. The number of thiophene rings is 1. The molecular weight excluding hydrogens is 288 g/mol. The van der Waals surface area contributed by atoms with Crippen molar-refractivity contribution in [2.75, 3.05) is 13.1 Å². The third-order valence-electron chi connectivity index (χ3n) is 3.06. The van der Waals surface area contributed by atoms with E-state index in [1.165, 1.54) is 4.90 Å². The highest BCUT2D eigenvalue weighted by Gasteiger charge is 2.20. The van der Waals surface area contributed by atoms with Crippen molar-refractivity contribution in [3.63, 3.8) is 0 Å². The van der Waals surface area contributed by atoms with Gasteiger partial charge in [0.25, 0.3) is 5.91 Å². The lowest BCUT2D eigenvalue weighted by Crippen LogP contribution is -2.37. The number of aromatic nitrogens is 1. The molecule has 2 aromatic rings. The summed E-state index contributed by atoms with van der Waals surface area (Å²) in [6.45, 7) is 2.72. The molecule has 1 N–H and O–H groups in total. The van der Waals surface area contributed by atoms with E-state index in [2.05, 4.69) is 0 Å². The van der Waals surface area contributed by atoms with Gasteiger partial charge >= 0.3 is 5.97 Å². The fourth-order valence-electron chi connectivity index (χ4n) is 2.16. The maximum Gasteiger partial charge on any atom is 0.323 e. The molecule has 0 saturated carbocycles. The van der Waals surface area contributed by atoms with Crippen molar-refractivity contribution in [2.24, 2.45) is 0 Å². The molecule has 0 aliphatic rings. The molecule has 2 heterocycles. The van der Waals surface area contributed by atoms with Crippen LogP contribution in [0.1, 0.15) is 28.7 Å². The van der Waals surface area contributed by atoms with Gasteiger partial charge in [0.15, 0.2) is 0 Å². The number of carboxylic acid groups (broad SMARTS) is 1. The molecule has 0 aliphatic heterocycles. The Balaban J connectivity index is 2.18. The summed E-state index contributed by atoms with van der Waals surface area (Å²) in [5.41, 5.74) is 0.526. The van der Waals surface area contributed by atoms with Crippen LogP contribution in [0.3, 0.4) is 0 Å². The largest absolute Gasteiger partial charge is 0.480 e. The maximum atomic E-state index is 12.5. The van der Waals surface area contributed by atoms with E-state index in [4.69, 9.17) is 5.11 Å². The number of aliphatic carboxylic acids is 1. The highest BCUT2D eigenvalue weighted by atomic mass is 32.1. The van der Waals surface area contributed by atoms with Gasteiger partial charge in [-0.25, -0.2) is 0 Å². The molecule has 2 rings (SSSR count). The van der Waals surface area contributed by atoms with Crippen LogP contribution in [0.5, 0.6) is 0 Å². The number of hydrogen-bond acceptors (Lipinski definition) is 3. The number of nitrogens with zero attached hydrogens (tertiary/aromatic N) is 2. The van der Waals surface area contributed by atoms with Gasteiger partial charge in [-0.3, -0.25) is 9.59 Å². The minimum absolute atomic E-state index is 0.235. The van der Waals surface area contributed by atoms with Gasteiger partial charge in [0, 0.05) is 17.6 Å². The first kappa shape index (κ1) is 15.3. The van der Waals surface area contributed by atoms with Gasteiger partial charge in [-0.1, -0.05) is 13.0 Å². The van der Waals surface area contributed by atoms with Gasteiger partial charge in [0.1, 0.15) is 12.2 Å². The van der Waals surface area contributed by atoms with Gasteiger partial charge < -0.3 is 14.6 Å². The van der Waals surface area contributed by atoms with Crippen LogP contribution in [-0.4, -0.2) is 39.5 Å². The lowest BCUT2D eigenvalue weighted by atomic mass is 10.3. The number of hydrogen-bond donors (Lipinski definition) is 1. The lowest BCUT2D eigenvalue weighted by molar-refractivity contribution is -0.137. The summed E-state index contributed by atoms with van der Waals surface area (Å²) in [6.07, 6.45) is 2.57. The fraction of sp³-hybridized carbons (Fsp3) is 0.333. The van der Waals surface area contributed by atoms with E-state index in [-0.39, 0.29) is 12.5 Å². The summed E-state index contributed by atoms with van der Waals surface area (Å²) in [5.74, 6) is -1.23. The molecule has 0 fully saturated rings. The molecule has 0 radical (unpaired) electrons. The van der Waals surface area contributed by atoms with Crippen LogP contribution < -0.4 is 0 Å². The van der Waals surface area contributed by atoms with Crippen LogP contribution in [0.2, 0.25) is 0 Å². The molecule has 1 amide bonds. The molecule has 0 aromatic carbocycles. The number of carbonyl (C=O) groups excluding carboxylic acids is 1. The highest BCUT2D eigenvalue weighted by Crippen LogP contribution is 2.14. The number of rotatable bonds is 7. The maximum absolute atomic E-state index is 12.5. The van der Waals surface area contributed by atoms with Gasteiger partial charge in [-0.05, 0) is 30.0 Å². The second kappa shape index (κ2) is 7.08. The smallest absolute Gasteiger partial charge is 0.323 e. The third-order valence-corrected chi connectivity index (χ3v) is 3.92. The normalized spacial score (nSPS) is 10.5. The molecule has 2 aromatic heterocycles. The van der Waals surface area contributed by atoms with Crippen LogP contribution in [-0.2, 0) is 11.3 Å². The number of carboxylic acids is 1. The molecule has 0 aliphatic carbocycles. The first-order chi connectivity index (χ1) is 10.1. The zero-order valence-corrected chi connectivity index (χ0v) is 12.7. The molecule has 0 atom stereocenters. The first-order valence-corrected chi connectivity index (χ1v) is 7.68. The second-order valence-corrected chi connectivity index (χ2v) is 5.75. The van der Waals surface area contributed by atoms with Crippen LogP contribution in [0.4, 0.5) is 0 Å². The van der Waals surface area contributed by atoms with Gasteiger partial charge in [-0.2, -0.15) is 0 Å². The molecule has 0 saturated heterocycles. The summed E-state index contributed by atoms with van der Waals surface area (Å²) in [6, 6.07) is 7.53. The van der Waals surface area contributed by atoms with Crippen LogP contribution in [0, 0.1) is 0 Å². The molecule has 21 heavy (non-hydrogen) atoms. The topological polar surface area (TPSA) is 62.5 Å². The van der Waals surface area contributed by atoms with Crippen molar-refractivity contribution in [1.82, 2.24) is 9.47 Å². The third kappa shape index (κ3) is 3.95. The number of carbonyl (C=O) groups is 2. The Morgan fingerprint density at radius 3 is 2.76 bits per heavy atom. The molecule has 0 unspecified atom stereocenters. The molecule has 0 bridgehead atoms. The van der Waals surface area contributed by atoms with Crippen molar-refractivity contribution in [1.29, 1.82) is 0 Å². The van der Waals surface area contributed by atoms with Crippen LogP contribution in [0.25, 0.3) is 0 Å². The second-order valence-electron chi connectivity index (χ2n) is 4.72. The predicted octanol–water partition coefficient (Wildman–Crippen LogP) is 2.53. The summed E-state index contributed by atoms with van der Waals surface area (Å²) in [4.78, 5) is 26.0. The molecule has 5 nitrogen and oxygen atoms in total. The van der Waals surface area contributed by atoms with Crippen molar-refractivity contribution in [3.8, 4) is 0 Å². The minimum Gasteiger partial charge on any atom is -0.480 e. The summed E-state index contributed by atoms with van der Waals surface area (Å²) >= 11 is 1.63. The van der Waals surface area contributed by atoms with E-state index >= 15 is 0 Å². The SMILES string of the molecule is CCCN(CC(=O)O)C(=O)c1cccn1Cc1cccs1. The van der Waals surface area contributed by atoms with Gasteiger partial charge in [-0.15, -0.1) is 11.3 Å². The average Bonchev–Trinajstić information content (AvgIpc) is 3.09. The zero-order chi connectivity index (χ0) is 15.2. The summed E-state index contributed by atoms with van der Waals surface area (Å²) in [5, 5.41) is 10.9. The lowest BCUT2D eigenvalue weighted by Gasteiger charge is -2.20. The Morgan fingerprint density at radius 2 is 2.14 bits per heavy atom. The molecule has 0 spiro atoms.